The molecule has 2 aliphatic rings. The molecule has 1 aromatic heterocycles. The van der Waals surface area contributed by atoms with Crippen molar-refractivity contribution in [3.63, 3.8) is 0 Å². The van der Waals surface area contributed by atoms with Gasteiger partial charge in [-0.25, -0.2) is 12.7 Å². The smallest absolute Gasteiger partial charge is 0.276 e. The number of fused-ring (bicyclic) bond motifs is 1. The molecule has 0 bridgehead atoms. The molecular formula is C16H17BrClN3O2S2. The largest absolute Gasteiger partial charge is 0.348 e. The van der Waals surface area contributed by atoms with Crippen LogP contribution in [0, 0.1) is 0 Å². The van der Waals surface area contributed by atoms with Crippen molar-refractivity contribution in [3.8, 4) is 0 Å². The number of halogens is 2. The number of nitrogens with zero attached hydrogens (tertiary/aromatic N) is 2. The molecule has 1 saturated heterocycles. The van der Waals surface area contributed by atoms with E-state index in [4.69, 9.17) is 11.6 Å². The van der Waals surface area contributed by atoms with Crippen LogP contribution in [-0.4, -0.2) is 34.2 Å². The second-order valence-electron chi connectivity index (χ2n) is 6.12. The van der Waals surface area contributed by atoms with Gasteiger partial charge in [-0.2, -0.15) is 0 Å². The Kier molecular flexibility index (Phi) is 4.74. The molecule has 1 fully saturated rings. The first-order valence-electron chi connectivity index (χ1n) is 8.02. The lowest BCUT2D eigenvalue weighted by Crippen LogP contribution is -2.45. The van der Waals surface area contributed by atoms with Gasteiger partial charge in [0.1, 0.15) is 6.67 Å². The van der Waals surface area contributed by atoms with Gasteiger partial charge in [0.05, 0.1) is 20.2 Å². The Morgan fingerprint density at radius 1 is 1.20 bits per heavy atom. The van der Waals surface area contributed by atoms with Crippen LogP contribution in [0.4, 0.5) is 11.4 Å². The van der Waals surface area contributed by atoms with Crippen LogP contribution >= 0.6 is 38.9 Å². The highest BCUT2D eigenvalue weighted by atomic mass is 79.9. The third-order valence-electron chi connectivity index (χ3n) is 4.64. The monoisotopic (exact) mass is 461 g/mol. The van der Waals surface area contributed by atoms with Crippen molar-refractivity contribution >= 4 is 60.3 Å². The van der Waals surface area contributed by atoms with Gasteiger partial charge in [0.25, 0.3) is 10.0 Å². The molecule has 2 aromatic rings. The summed E-state index contributed by atoms with van der Waals surface area (Å²) in [5.74, 6) is 0. The predicted octanol–water partition coefficient (Wildman–Crippen LogP) is 3.89. The van der Waals surface area contributed by atoms with Crippen molar-refractivity contribution in [2.24, 2.45) is 0 Å². The predicted molar refractivity (Wildman–Crippen MR) is 106 cm³/mol. The van der Waals surface area contributed by atoms with Crippen LogP contribution in [0.2, 0.25) is 4.34 Å². The molecule has 0 radical (unpaired) electrons. The van der Waals surface area contributed by atoms with Gasteiger partial charge in [0.15, 0.2) is 4.21 Å². The molecule has 25 heavy (non-hydrogen) atoms. The first-order valence-corrected chi connectivity index (χ1v) is 11.4. The Labute approximate surface area is 164 Å². The number of piperidine rings is 1. The van der Waals surface area contributed by atoms with E-state index in [1.165, 1.54) is 4.31 Å². The highest BCUT2D eigenvalue weighted by molar-refractivity contribution is 9.10. The average Bonchev–Trinajstić information content (AvgIpc) is 3.16. The lowest BCUT2D eigenvalue weighted by Gasteiger charge is -2.33. The molecular weight excluding hydrogens is 446 g/mol. The zero-order valence-corrected chi connectivity index (χ0v) is 17.3. The quantitative estimate of drug-likeness (QED) is 0.752. The molecule has 9 heteroatoms. The highest BCUT2D eigenvalue weighted by Crippen LogP contribution is 2.44. The summed E-state index contributed by atoms with van der Waals surface area (Å²) in [6, 6.07) is 9.69. The van der Waals surface area contributed by atoms with Crippen molar-refractivity contribution in [2.45, 2.75) is 23.1 Å². The summed E-state index contributed by atoms with van der Waals surface area (Å²) in [6.07, 6.45) is 2.02. The summed E-state index contributed by atoms with van der Waals surface area (Å²) in [5.41, 5.74) is 1.72. The Bertz CT molecular complexity index is 897. The molecule has 0 aliphatic carbocycles. The van der Waals surface area contributed by atoms with Gasteiger partial charge >= 0.3 is 0 Å². The molecule has 0 amide bonds. The van der Waals surface area contributed by atoms with E-state index >= 15 is 0 Å². The van der Waals surface area contributed by atoms with Crippen molar-refractivity contribution in [3.05, 3.63) is 39.1 Å². The van der Waals surface area contributed by atoms with Crippen LogP contribution in [0.5, 0.6) is 0 Å². The Balaban J connectivity index is 1.75. The third-order valence-corrected chi connectivity index (χ3v) is 9.31. The zero-order chi connectivity index (χ0) is 17.6. The zero-order valence-electron chi connectivity index (χ0n) is 13.3. The summed E-state index contributed by atoms with van der Waals surface area (Å²) < 4.78 is 29.2. The number of nitrogens with one attached hydrogen (secondary N) is 1. The molecule has 0 saturated carbocycles. The lowest BCUT2D eigenvalue weighted by molar-refractivity contribution is 0.436. The molecule has 4 rings (SSSR count). The van der Waals surface area contributed by atoms with Crippen molar-refractivity contribution in [1.82, 2.24) is 5.32 Å². The molecule has 134 valence electrons. The van der Waals surface area contributed by atoms with E-state index in [1.54, 1.807) is 6.07 Å². The fraction of sp³-hybridized carbons (Fsp3) is 0.375. The first kappa shape index (κ1) is 17.6. The SMILES string of the molecule is O=S(=O)(c1sc(Cl)cc1Br)N1CN(C2CCNCC2)c2ccccc21. The highest BCUT2D eigenvalue weighted by Gasteiger charge is 2.39. The van der Waals surface area contributed by atoms with Gasteiger partial charge < -0.3 is 10.2 Å². The number of thiophene rings is 1. The number of sulfonamides is 1. The van der Waals surface area contributed by atoms with Gasteiger partial charge in [-0.3, -0.25) is 0 Å². The maximum Gasteiger partial charge on any atom is 0.276 e. The van der Waals surface area contributed by atoms with Crippen LogP contribution in [0.3, 0.4) is 0 Å². The summed E-state index contributed by atoms with van der Waals surface area (Å²) in [5, 5.41) is 3.36. The Morgan fingerprint density at radius 3 is 2.52 bits per heavy atom. The van der Waals surface area contributed by atoms with Gasteiger partial charge in [-0.15, -0.1) is 11.3 Å². The van der Waals surface area contributed by atoms with Crippen LogP contribution in [0.25, 0.3) is 0 Å². The maximum atomic E-state index is 13.3. The molecule has 1 N–H and O–H groups in total. The van der Waals surface area contributed by atoms with Crippen LogP contribution in [0.15, 0.2) is 39.0 Å². The fourth-order valence-corrected chi connectivity index (χ4v) is 7.96. The van der Waals surface area contributed by atoms with Gasteiger partial charge in [-0.1, -0.05) is 23.7 Å². The van der Waals surface area contributed by atoms with E-state index in [2.05, 4.69) is 26.1 Å². The summed E-state index contributed by atoms with van der Waals surface area (Å²) in [7, 11) is -3.67. The summed E-state index contributed by atoms with van der Waals surface area (Å²) >= 11 is 10.4. The van der Waals surface area contributed by atoms with Gasteiger partial charge in [0.2, 0.25) is 0 Å². The summed E-state index contributed by atoms with van der Waals surface area (Å²) in [6.45, 7) is 2.26. The minimum absolute atomic E-state index is 0.250. The number of anilines is 2. The van der Waals surface area contributed by atoms with E-state index in [9.17, 15) is 8.42 Å². The maximum absolute atomic E-state index is 13.3. The second-order valence-corrected chi connectivity index (χ2v) is 10.7. The Hall–Kier alpha value is -0.800. The second kappa shape index (κ2) is 6.74. The van der Waals surface area contributed by atoms with Crippen molar-refractivity contribution in [2.75, 3.05) is 29.0 Å². The van der Waals surface area contributed by atoms with E-state index < -0.39 is 10.0 Å². The number of rotatable bonds is 3. The Morgan fingerprint density at radius 2 is 1.88 bits per heavy atom. The third kappa shape index (κ3) is 3.08. The van der Waals surface area contributed by atoms with Crippen LogP contribution < -0.4 is 14.5 Å². The molecule has 0 atom stereocenters. The average molecular weight is 463 g/mol. The lowest BCUT2D eigenvalue weighted by atomic mass is 10.0. The van der Waals surface area contributed by atoms with Gasteiger partial charge in [-0.05, 0) is 60.1 Å². The normalized spacial score (nSPS) is 18.6. The molecule has 1 aromatic carbocycles. The first-order chi connectivity index (χ1) is 12.0. The molecule has 5 nitrogen and oxygen atoms in total. The standard InChI is InChI=1S/C16H17BrClN3O2S2/c17-12-9-15(18)24-16(12)25(22,23)21-10-20(11-5-7-19-8-6-11)13-3-1-2-4-14(13)21/h1-4,9,11,19H,5-8,10H2. The molecule has 3 heterocycles. The van der Waals surface area contributed by atoms with Crippen molar-refractivity contribution in [1.29, 1.82) is 0 Å². The fourth-order valence-electron chi connectivity index (χ4n) is 3.45. The van der Waals surface area contributed by atoms with E-state index in [0.717, 1.165) is 48.6 Å². The van der Waals surface area contributed by atoms with Crippen LogP contribution in [0.1, 0.15) is 12.8 Å². The molecule has 0 unspecified atom stereocenters. The van der Waals surface area contributed by atoms with Crippen LogP contribution in [-0.2, 0) is 10.0 Å². The minimum Gasteiger partial charge on any atom is -0.348 e. The van der Waals surface area contributed by atoms with Crippen molar-refractivity contribution < 1.29 is 8.42 Å². The molecule has 2 aliphatic heterocycles. The van der Waals surface area contributed by atoms with E-state index in [1.807, 2.05) is 24.3 Å². The topological polar surface area (TPSA) is 52.7 Å². The number of hydrogen-bond donors (Lipinski definition) is 1. The molecule has 0 spiro atoms. The van der Waals surface area contributed by atoms with Gasteiger partial charge in [0, 0.05) is 6.04 Å². The van der Waals surface area contributed by atoms with E-state index in [0.29, 0.717) is 21.5 Å². The van der Waals surface area contributed by atoms with E-state index in [-0.39, 0.29) is 4.21 Å². The minimum atomic E-state index is -3.67. The number of para-hydroxylation sites is 2. The number of hydrogen-bond acceptors (Lipinski definition) is 5. The summed E-state index contributed by atoms with van der Waals surface area (Å²) in [4.78, 5) is 2.22. The number of benzene rings is 1.